The number of alkyl halides is 2. The van der Waals surface area contributed by atoms with E-state index in [4.69, 9.17) is 23.2 Å². The molecule has 2 unspecified atom stereocenters. The first-order valence-corrected chi connectivity index (χ1v) is 10.8. The van der Waals surface area contributed by atoms with Gasteiger partial charge in [0.05, 0.1) is 0 Å². The highest BCUT2D eigenvalue weighted by Gasteiger charge is 2.24. The third kappa shape index (κ3) is 11.7. The Kier molecular flexibility index (Phi) is 14.9. The molecule has 0 rings (SSSR count). The van der Waals surface area contributed by atoms with Crippen molar-refractivity contribution in [3.05, 3.63) is 0 Å². The minimum Gasteiger partial charge on any atom is -0.480 e. The third-order valence-corrected chi connectivity index (χ3v) is 6.75. The quantitative estimate of drug-likeness (QED) is 0.236. The molecule has 2 atom stereocenters. The van der Waals surface area contributed by atoms with E-state index in [1.54, 1.807) is 0 Å². The van der Waals surface area contributed by atoms with Crippen LogP contribution in [0.1, 0.15) is 51.4 Å². The monoisotopic (exact) mass is 390 g/mol. The summed E-state index contributed by atoms with van der Waals surface area (Å²) in [5, 5.41) is 17.3. The highest BCUT2D eigenvalue weighted by Crippen LogP contribution is 2.36. The van der Waals surface area contributed by atoms with Gasteiger partial charge >= 0.3 is 11.9 Å². The zero-order valence-electron chi connectivity index (χ0n) is 12.5. The molecule has 130 valence electrons. The summed E-state index contributed by atoms with van der Waals surface area (Å²) >= 11 is 11.2. The van der Waals surface area contributed by atoms with Gasteiger partial charge in [-0.25, -0.2) is 0 Å². The van der Waals surface area contributed by atoms with Crippen molar-refractivity contribution in [2.75, 3.05) is 11.8 Å². The average Bonchev–Trinajstić information content (AvgIpc) is 2.47. The van der Waals surface area contributed by atoms with Gasteiger partial charge in [0, 0.05) is 11.8 Å². The lowest BCUT2D eigenvalue weighted by Gasteiger charge is -2.15. The summed E-state index contributed by atoms with van der Waals surface area (Å²) in [5.74, 6) is -0.587. The maximum absolute atomic E-state index is 11.2. The average molecular weight is 391 g/mol. The van der Waals surface area contributed by atoms with Gasteiger partial charge in [-0.3, -0.25) is 9.59 Å². The van der Waals surface area contributed by atoms with Gasteiger partial charge in [-0.15, -0.1) is 23.2 Å². The molecule has 0 saturated carbocycles. The first-order valence-electron chi connectivity index (χ1n) is 7.42. The Balaban J connectivity index is 4.15. The van der Waals surface area contributed by atoms with Crippen molar-refractivity contribution >= 4 is 56.7 Å². The summed E-state index contributed by atoms with van der Waals surface area (Å²) in [5.41, 5.74) is 0. The Hall–Kier alpha value is 0.220. The lowest BCUT2D eigenvalue weighted by molar-refractivity contribution is -0.137. The lowest BCUT2D eigenvalue weighted by Crippen LogP contribution is -2.19. The summed E-state index contributed by atoms with van der Waals surface area (Å²) in [7, 11) is 2.33. The highest BCUT2D eigenvalue weighted by molar-refractivity contribution is 8.77. The van der Waals surface area contributed by atoms with Gasteiger partial charge in [-0.05, 0) is 25.7 Å². The molecular weight excluding hydrogens is 367 g/mol. The fraction of sp³-hybridized carbons (Fsp3) is 0.857. The molecule has 0 aromatic carbocycles. The molecule has 0 bridgehead atoms. The van der Waals surface area contributed by atoms with Crippen LogP contribution in [0.3, 0.4) is 0 Å². The number of carboxylic acids is 2. The molecule has 0 radical (unpaired) electrons. The van der Waals surface area contributed by atoms with Crippen LogP contribution in [0, 0.1) is 0 Å². The van der Waals surface area contributed by atoms with E-state index in [2.05, 4.69) is 0 Å². The standard InChI is InChI=1S/C14H24Cl2O4S2/c15-9-5-1-3-7-11(13(17)18)21-22-12(14(19)20)8-4-2-6-10-16/h11-12H,1-10H2,(H,17,18)(H,19,20). The molecular formula is C14H24Cl2O4S2. The van der Waals surface area contributed by atoms with Crippen LogP contribution in [0.15, 0.2) is 0 Å². The van der Waals surface area contributed by atoms with E-state index in [1.807, 2.05) is 0 Å². The molecule has 22 heavy (non-hydrogen) atoms. The summed E-state index contributed by atoms with van der Waals surface area (Å²) < 4.78 is 0. The second-order valence-electron chi connectivity index (χ2n) is 4.92. The van der Waals surface area contributed by atoms with Crippen LogP contribution in [0.4, 0.5) is 0 Å². The Morgan fingerprint density at radius 3 is 1.36 bits per heavy atom. The number of carboxylic acid groups (broad SMARTS) is 2. The SMILES string of the molecule is O=C(O)C(CCCCCCl)SSC(CCCCCCl)C(=O)O. The lowest BCUT2D eigenvalue weighted by atomic mass is 10.1. The molecule has 0 fully saturated rings. The number of halogens is 2. The maximum Gasteiger partial charge on any atom is 0.317 e. The Labute approximate surface area is 150 Å². The van der Waals surface area contributed by atoms with Crippen molar-refractivity contribution in [2.45, 2.75) is 61.9 Å². The van der Waals surface area contributed by atoms with E-state index >= 15 is 0 Å². The van der Waals surface area contributed by atoms with Gasteiger partial charge in [0.25, 0.3) is 0 Å². The van der Waals surface area contributed by atoms with Crippen molar-refractivity contribution in [3.8, 4) is 0 Å². The van der Waals surface area contributed by atoms with Crippen molar-refractivity contribution in [1.82, 2.24) is 0 Å². The fourth-order valence-electron chi connectivity index (χ4n) is 1.76. The van der Waals surface area contributed by atoms with E-state index < -0.39 is 22.4 Å². The molecule has 0 saturated heterocycles. The molecule has 0 aromatic heterocycles. The topological polar surface area (TPSA) is 74.6 Å². The Morgan fingerprint density at radius 2 is 1.09 bits per heavy atom. The second kappa shape index (κ2) is 14.8. The normalized spacial score (nSPS) is 13.7. The van der Waals surface area contributed by atoms with Gasteiger partial charge in [0.1, 0.15) is 10.5 Å². The fourth-order valence-corrected chi connectivity index (χ4v) is 4.97. The number of rotatable bonds is 15. The predicted molar refractivity (Wildman–Crippen MR) is 96.4 cm³/mol. The van der Waals surface area contributed by atoms with E-state index in [-0.39, 0.29) is 0 Å². The number of aliphatic carboxylic acids is 2. The molecule has 0 heterocycles. The summed E-state index contributed by atoms with van der Waals surface area (Å²) in [6.45, 7) is 0. The molecule has 0 spiro atoms. The van der Waals surface area contributed by atoms with E-state index in [1.165, 1.54) is 21.6 Å². The summed E-state index contributed by atoms with van der Waals surface area (Å²) in [4.78, 5) is 22.4. The van der Waals surface area contributed by atoms with Crippen LogP contribution in [0.25, 0.3) is 0 Å². The smallest absolute Gasteiger partial charge is 0.317 e. The largest absolute Gasteiger partial charge is 0.480 e. The Bertz CT molecular complexity index is 289. The molecule has 0 aromatic rings. The van der Waals surface area contributed by atoms with Gasteiger partial charge in [-0.2, -0.15) is 0 Å². The molecule has 2 N–H and O–H groups in total. The van der Waals surface area contributed by atoms with Gasteiger partial charge < -0.3 is 10.2 Å². The molecule has 8 heteroatoms. The van der Waals surface area contributed by atoms with E-state index in [9.17, 15) is 19.8 Å². The van der Waals surface area contributed by atoms with Gasteiger partial charge in [0.15, 0.2) is 0 Å². The molecule has 4 nitrogen and oxygen atoms in total. The van der Waals surface area contributed by atoms with E-state index in [0.717, 1.165) is 38.5 Å². The van der Waals surface area contributed by atoms with Crippen molar-refractivity contribution in [1.29, 1.82) is 0 Å². The molecule has 0 aliphatic rings. The van der Waals surface area contributed by atoms with Gasteiger partial charge in [0.2, 0.25) is 0 Å². The number of unbranched alkanes of at least 4 members (excludes halogenated alkanes) is 4. The zero-order valence-corrected chi connectivity index (χ0v) is 15.7. The highest BCUT2D eigenvalue weighted by atomic mass is 35.5. The summed E-state index contributed by atoms with van der Waals surface area (Å²) in [6, 6.07) is 0. The van der Waals surface area contributed by atoms with Crippen LogP contribution in [-0.2, 0) is 9.59 Å². The van der Waals surface area contributed by atoms with Crippen LogP contribution < -0.4 is 0 Å². The predicted octanol–water partition coefficient (Wildman–Crippen LogP) is 4.87. The van der Waals surface area contributed by atoms with E-state index in [0.29, 0.717) is 24.6 Å². The first-order chi connectivity index (χ1) is 10.5. The van der Waals surface area contributed by atoms with Crippen LogP contribution in [0.2, 0.25) is 0 Å². The molecule has 0 aliphatic heterocycles. The van der Waals surface area contributed by atoms with Crippen molar-refractivity contribution in [3.63, 3.8) is 0 Å². The minimum atomic E-state index is -0.880. The van der Waals surface area contributed by atoms with Gasteiger partial charge in [-0.1, -0.05) is 47.3 Å². The van der Waals surface area contributed by atoms with Crippen LogP contribution >= 0.6 is 44.8 Å². The molecule has 0 amide bonds. The first kappa shape index (κ1) is 22.2. The third-order valence-electron chi connectivity index (χ3n) is 3.04. The van der Waals surface area contributed by atoms with Crippen molar-refractivity contribution < 1.29 is 19.8 Å². The van der Waals surface area contributed by atoms with Crippen LogP contribution in [-0.4, -0.2) is 44.4 Å². The number of carbonyl (C=O) groups is 2. The zero-order chi connectivity index (χ0) is 16.8. The maximum atomic E-state index is 11.2. The second-order valence-corrected chi connectivity index (χ2v) is 8.36. The molecule has 0 aliphatic carbocycles. The Morgan fingerprint density at radius 1 is 0.727 bits per heavy atom. The number of hydrogen-bond acceptors (Lipinski definition) is 4. The summed E-state index contributed by atoms with van der Waals surface area (Å²) in [6.07, 6.45) is 6.24. The van der Waals surface area contributed by atoms with Crippen LogP contribution in [0.5, 0.6) is 0 Å². The minimum absolute atomic E-state index is 0.544. The van der Waals surface area contributed by atoms with Crippen molar-refractivity contribution in [2.24, 2.45) is 0 Å². The number of hydrogen-bond donors (Lipinski definition) is 2.